The van der Waals surface area contributed by atoms with Gasteiger partial charge in [0.15, 0.2) is 17.5 Å². The Morgan fingerprint density at radius 3 is 1.39 bits per heavy atom. The fraction of sp³-hybridized carbons (Fsp3) is 0. The van der Waals surface area contributed by atoms with Gasteiger partial charge in [-0.1, -0.05) is 146 Å². The summed E-state index contributed by atoms with van der Waals surface area (Å²) in [7, 11) is 0. The third-order valence-corrected chi connectivity index (χ3v) is 8.87. The van der Waals surface area contributed by atoms with E-state index in [9.17, 15) is 0 Å². The lowest BCUT2D eigenvalue weighted by Gasteiger charge is -2.11. The molecule has 0 bridgehead atoms. The molecule has 0 fully saturated rings. The van der Waals surface area contributed by atoms with Gasteiger partial charge in [-0.3, -0.25) is 0 Å². The van der Waals surface area contributed by atoms with Gasteiger partial charge >= 0.3 is 0 Å². The van der Waals surface area contributed by atoms with Gasteiger partial charge in [0.1, 0.15) is 0 Å². The third kappa shape index (κ3) is 4.58. The zero-order valence-electron chi connectivity index (χ0n) is 24.9. The third-order valence-electron chi connectivity index (χ3n) is 8.87. The molecular weight excluding hydrogens is 558 g/mol. The molecule has 0 spiro atoms. The van der Waals surface area contributed by atoms with Gasteiger partial charge in [-0.25, -0.2) is 15.0 Å². The number of aromatic nitrogens is 3. The van der Waals surface area contributed by atoms with Crippen molar-refractivity contribution in [3.63, 3.8) is 0 Å². The van der Waals surface area contributed by atoms with Crippen molar-refractivity contribution in [2.75, 3.05) is 0 Å². The molecule has 0 saturated heterocycles. The first-order valence-corrected chi connectivity index (χ1v) is 15.5. The first kappa shape index (κ1) is 26.2. The molecule has 46 heavy (non-hydrogen) atoms. The first-order chi connectivity index (χ1) is 22.8. The molecule has 8 aromatic carbocycles. The van der Waals surface area contributed by atoms with Gasteiger partial charge in [-0.05, 0) is 72.4 Å². The van der Waals surface area contributed by atoms with E-state index >= 15 is 0 Å². The average molecular weight is 586 g/mol. The van der Waals surface area contributed by atoms with Crippen LogP contribution in [0.1, 0.15) is 0 Å². The fourth-order valence-electron chi connectivity index (χ4n) is 6.50. The van der Waals surface area contributed by atoms with Gasteiger partial charge in [0.05, 0.1) is 0 Å². The highest BCUT2D eigenvalue weighted by Crippen LogP contribution is 2.34. The number of nitrogens with zero attached hydrogens (tertiary/aromatic N) is 3. The predicted octanol–water partition coefficient (Wildman–Crippen LogP) is 11.2. The normalized spacial score (nSPS) is 11.5. The molecule has 0 aliphatic carbocycles. The molecule has 3 heteroatoms. The van der Waals surface area contributed by atoms with Crippen LogP contribution in [0.2, 0.25) is 0 Å². The molecule has 0 unspecified atom stereocenters. The highest BCUT2D eigenvalue weighted by molar-refractivity contribution is 6.17. The topological polar surface area (TPSA) is 38.7 Å². The van der Waals surface area contributed by atoms with Crippen molar-refractivity contribution in [1.29, 1.82) is 0 Å². The molecular formula is C43H27N3. The van der Waals surface area contributed by atoms with Crippen molar-refractivity contribution in [3.05, 3.63) is 164 Å². The maximum atomic E-state index is 5.09. The van der Waals surface area contributed by atoms with Gasteiger partial charge in [0.25, 0.3) is 0 Å². The summed E-state index contributed by atoms with van der Waals surface area (Å²) in [4.78, 5) is 15.1. The summed E-state index contributed by atoms with van der Waals surface area (Å²) in [6.07, 6.45) is 0. The molecule has 3 nitrogen and oxygen atoms in total. The molecule has 9 rings (SSSR count). The first-order valence-electron chi connectivity index (χ1n) is 15.5. The Labute approximate surface area is 266 Å². The van der Waals surface area contributed by atoms with Crippen LogP contribution in [0, 0.1) is 0 Å². The molecule has 9 aromatic rings. The summed E-state index contributed by atoms with van der Waals surface area (Å²) in [5, 5.41) is 9.66. The maximum Gasteiger partial charge on any atom is 0.164 e. The minimum Gasteiger partial charge on any atom is -0.208 e. The van der Waals surface area contributed by atoms with Crippen LogP contribution in [0.15, 0.2) is 164 Å². The molecule has 214 valence electrons. The van der Waals surface area contributed by atoms with Gasteiger partial charge in [-0.2, -0.15) is 0 Å². The highest BCUT2D eigenvalue weighted by Gasteiger charge is 2.14. The Morgan fingerprint density at radius 2 is 0.696 bits per heavy atom. The Kier molecular flexibility index (Phi) is 6.14. The largest absolute Gasteiger partial charge is 0.208 e. The van der Waals surface area contributed by atoms with Crippen LogP contribution in [0.5, 0.6) is 0 Å². The van der Waals surface area contributed by atoms with E-state index in [-0.39, 0.29) is 0 Å². The standard InChI is InChI=1S/C43H27N3/c1-3-9-28(10-4-1)32-16-17-34-26-35(20-18-33(34)25-32)42-44-41(31-12-5-2-6-13-31)45-43(46-42)36-19-15-30-22-23-38-37-14-8-7-11-29(37)21-24-39(38)40(30)27-36/h1-27H. The van der Waals surface area contributed by atoms with Gasteiger partial charge in [-0.15, -0.1) is 0 Å². The van der Waals surface area contributed by atoms with Crippen LogP contribution in [-0.2, 0) is 0 Å². The molecule has 0 saturated carbocycles. The van der Waals surface area contributed by atoms with Crippen LogP contribution >= 0.6 is 0 Å². The van der Waals surface area contributed by atoms with Gasteiger partial charge < -0.3 is 0 Å². The number of benzene rings is 8. The second-order valence-corrected chi connectivity index (χ2v) is 11.7. The summed E-state index contributed by atoms with van der Waals surface area (Å²) in [5.74, 6) is 1.97. The lowest BCUT2D eigenvalue weighted by atomic mass is 9.96. The number of rotatable bonds is 4. The lowest BCUT2D eigenvalue weighted by molar-refractivity contribution is 1.08. The zero-order chi connectivity index (χ0) is 30.5. The van der Waals surface area contributed by atoms with E-state index in [0.717, 1.165) is 22.1 Å². The minimum absolute atomic E-state index is 0.655. The monoisotopic (exact) mass is 585 g/mol. The van der Waals surface area contributed by atoms with E-state index < -0.39 is 0 Å². The van der Waals surface area contributed by atoms with E-state index in [4.69, 9.17) is 15.0 Å². The van der Waals surface area contributed by atoms with Gasteiger partial charge in [0.2, 0.25) is 0 Å². The van der Waals surface area contributed by atoms with Crippen molar-refractivity contribution < 1.29 is 0 Å². The van der Waals surface area contributed by atoms with Crippen molar-refractivity contribution in [3.8, 4) is 45.3 Å². The van der Waals surface area contributed by atoms with E-state index in [2.05, 4.69) is 127 Å². The summed E-state index contributed by atoms with van der Waals surface area (Å²) in [6, 6.07) is 57.7. The Bertz CT molecular complexity index is 2570. The second-order valence-electron chi connectivity index (χ2n) is 11.7. The van der Waals surface area contributed by atoms with E-state index in [1.54, 1.807) is 0 Å². The Balaban J connectivity index is 1.20. The second kappa shape index (κ2) is 10.8. The smallest absolute Gasteiger partial charge is 0.164 e. The van der Waals surface area contributed by atoms with Crippen molar-refractivity contribution in [2.45, 2.75) is 0 Å². The average Bonchev–Trinajstić information content (AvgIpc) is 3.14. The predicted molar refractivity (Wildman–Crippen MR) is 192 cm³/mol. The van der Waals surface area contributed by atoms with Crippen molar-refractivity contribution in [1.82, 2.24) is 15.0 Å². The molecule has 1 heterocycles. The number of hydrogen-bond donors (Lipinski definition) is 0. The summed E-state index contributed by atoms with van der Waals surface area (Å²) in [5.41, 5.74) is 5.28. The quantitative estimate of drug-likeness (QED) is 0.193. The van der Waals surface area contributed by atoms with E-state index in [1.165, 1.54) is 48.8 Å². The minimum atomic E-state index is 0.655. The zero-order valence-corrected chi connectivity index (χ0v) is 24.9. The maximum absolute atomic E-state index is 5.09. The number of fused-ring (bicyclic) bond motifs is 6. The van der Waals surface area contributed by atoms with Crippen molar-refractivity contribution in [2.24, 2.45) is 0 Å². The molecule has 0 aliphatic heterocycles. The molecule has 0 radical (unpaired) electrons. The van der Waals surface area contributed by atoms with E-state index in [1.807, 2.05) is 36.4 Å². The molecule has 0 amide bonds. The highest BCUT2D eigenvalue weighted by atomic mass is 15.0. The Hall–Kier alpha value is -6.19. The van der Waals surface area contributed by atoms with Crippen LogP contribution < -0.4 is 0 Å². The van der Waals surface area contributed by atoms with Gasteiger partial charge in [0, 0.05) is 16.7 Å². The van der Waals surface area contributed by atoms with Crippen LogP contribution in [-0.4, -0.2) is 15.0 Å². The SMILES string of the molecule is c1ccc(-c2ccc3cc(-c4nc(-c5ccccc5)nc(-c5ccc6ccc7c8ccccc8ccc7c6c5)n4)ccc3c2)cc1. The molecule has 0 atom stereocenters. The number of hydrogen-bond acceptors (Lipinski definition) is 3. The Morgan fingerprint density at radius 1 is 0.239 bits per heavy atom. The lowest BCUT2D eigenvalue weighted by Crippen LogP contribution is -2.00. The summed E-state index contributed by atoms with van der Waals surface area (Å²) in [6.45, 7) is 0. The van der Waals surface area contributed by atoms with Crippen LogP contribution in [0.4, 0.5) is 0 Å². The molecule has 0 N–H and O–H groups in total. The van der Waals surface area contributed by atoms with Crippen LogP contribution in [0.3, 0.4) is 0 Å². The van der Waals surface area contributed by atoms with Crippen LogP contribution in [0.25, 0.3) is 88.4 Å². The van der Waals surface area contributed by atoms with E-state index in [0.29, 0.717) is 17.5 Å². The summed E-state index contributed by atoms with van der Waals surface area (Å²) < 4.78 is 0. The molecule has 1 aromatic heterocycles. The summed E-state index contributed by atoms with van der Waals surface area (Å²) >= 11 is 0. The molecule has 0 aliphatic rings. The fourth-order valence-corrected chi connectivity index (χ4v) is 6.50. The van der Waals surface area contributed by atoms with Crippen molar-refractivity contribution >= 4 is 43.1 Å².